The van der Waals surface area contributed by atoms with Crippen LogP contribution in [0.5, 0.6) is 5.75 Å². The molecular formula is C12H19NO2. The van der Waals surface area contributed by atoms with E-state index in [4.69, 9.17) is 15.6 Å². The molecule has 3 N–H and O–H groups in total. The Bertz CT molecular complexity index is 271. The summed E-state index contributed by atoms with van der Waals surface area (Å²) in [6.45, 7) is 0.824. The Morgan fingerprint density at radius 1 is 1.33 bits per heavy atom. The average Bonchev–Trinajstić information content (AvgIpc) is 2.29. The molecule has 0 saturated carbocycles. The summed E-state index contributed by atoms with van der Waals surface area (Å²) < 4.78 is 5.08. The van der Waals surface area contributed by atoms with Crippen molar-refractivity contribution < 1.29 is 9.84 Å². The fourth-order valence-corrected chi connectivity index (χ4v) is 1.59. The van der Waals surface area contributed by atoms with Crippen LogP contribution in [0.4, 0.5) is 0 Å². The van der Waals surface area contributed by atoms with Gasteiger partial charge in [-0.25, -0.2) is 0 Å². The summed E-state index contributed by atoms with van der Waals surface area (Å²) in [7, 11) is 1.65. The van der Waals surface area contributed by atoms with Crippen molar-refractivity contribution >= 4 is 0 Å². The van der Waals surface area contributed by atoms with E-state index in [1.807, 2.05) is 24.3 Å². The maximum atomic E-state index is 9.14. The summed E-state index contributed by atoms with van der Waals surface area (Å²) >= 11 is 0. The quantitative estimate of drug-likeness (QED) is 0.740. The van der Waals surface area contributed by atoms with Gasteiger partial charge >= 0.3 is 0 Å². The topological polar surface area (TPSA) is 55.5 Å². The summed E-state index contributed by atoms with van der Waals surface area (Å²) in [5.74, 6) is 1.13. The molecule has 0 amide bonds. The van der Waals surface area contributed by atoms with E-state index >= 15 is 0 Å². The third-order valence-corrected chi connectivity index (χ3v) is 2.52. The Kier molecular flexibility index (Phi) is 5.15. The van der Waals surface area contributed by atoms with Crippen LogP contribution in [0.25, 0.3) is 0 Å². The van der Waals surface area contributed by atoms with Crippen molar-refractivity contribution in [3.8, 4) is 5.75 Å². The molecule has 1 unspecified atom stereocenters. The van der Waals surface area contributed by atoms with E-state index in [-0.39, 0.29) is 12.5 Å². The Morgan fingerprint density at radius 2 is 2.00 bits per heavy atom. The summed E-state index contributed by atoms with van der Waals surface area (Å²) in [6.07, 6.45) is 1.74. The van der Waals surface area contributed by atoms with E-state index in [0.29, 0.717) is 6.54 Å². The predicted molar refractivity (Wildman–Crippen MR) is 60.9 cm³/mol. The Morgan fingerprint density at radius 3 is 2.47 bits per heavy atom. The van der Waals surface area contributed by atoms with E-state index in [2.05, 4.69) is 0 Å². The fraction of sp³-hybridized carbons (Fsp3) is 0.500. The smallest absolute Gasteiger partial charge is 0.118 e. The Labute approximate surface area is 90.9 Å². The molecule has 3 heteroatoms. The largest absolute Gasteiger partial charge is 0.497 e. The van der Waals surface area contributed by atoms with E-state index in [0.717, 1.165) is 18.6 Å². The third-order valence-electron chi connectivity index (χ3n) is 2.52. The van der Waals surface area contributed by atoms with Crippen molar-refractivity contribution in [2.75, 3.05) is 20.3 Å². The lowest BCUT2D eigenvalue weighted by Gasteiger charge is -2.12. The minimum atomic E-state index is 0.198. The highest BCUT2D eigenvalue weighted by Crippen LogP contribution is 2.15. The van der Waals surface area contributed by atoms with E-state index < -0.39 is 0 Å². The van der Waals surface area contributed by atoms with Gasteiger partial charge in [-0.15, -0.1) is 0 Å². The highest BCUT2D eigenvalue weighted by atomic mass is 16.5. The Hall–Kier alpha value is -1.06. The number of nitrogens with two attached hydrogens (primary N) is 1. The normalized spacial score (nSPS) is 12.5. The minimum absolute atomic E-state index is 0.198. The molecule has 0 aromatic heterocycles. The number of aliphatic hydroxyl groups is 1. The highest BCUT2D eigenvalue weighted by Gasteiger charge is 2.07. The number of ether oxygens (including phenoxy) is 1. The Balaban J connectivity index is 2.55. The van der Waals surface area contributed by atoms with Gasteiger partial charge in [0, 0.05) is 6.61 Å². The number of aliphatic hydroxyl groups excluding tert-OH is 1. The molecule has 0 heterocycles. The molecule has 1 aromatic rings. The van der Waals surface area contributed by atoms with Crippen LogP contribution in [0.2, 0.25) is 0 Å². The van der Waals surface area contributed by atoms with Gasteiger partial charge in [0.2, 0.25) is 0 Å². The maximum Gasteiger partial charge on any atom is 0.118 e. The zero-order valence-electron chi connectivity index (χ0n) is 9.15. The molecule has 0 aliphatic heterocycles. The van der Waals surface area contributed by atoms with Crippen molar-refractivity contribution in [2.24, 2.45) is 11.7 Å². The van der Waals surface area contributed by atoms with Gasteiger partial charge < -0.3 is 15.6 Å². The number of benzene rings is 1. The van der Waals surface area contributed by atoms with E-state index in [1.165, 1.54) is 5.56 Å². The van der Waals surface area contributed by atoms with E-state index in [1.54, 1.807) is 7.11 Å². The van der Waals surface area contributed by atoms with Crippen LogP contribution in [0, 0.1) is 5.92 Å². The number of hydrogen-bond acceptors (Lipinski definition) is 3. The molecule has 0 aliphatic carbocycles. The molecule has 1 rings (SSSR count). The van der Waals surface area contributed by atoms with Gasteiger partial charge in [0.1, 0.15) is 5.75 Å². The SMILES string of the molecule is COc1ccc(CC(CO)CCN)cc1. The van der Waals surface area contributed by atoms with Crippen LogP contribution in [0.15, 0.2) is 24.3 Å². The molecule has 84 valence electrons. The van der Waals surface area contributed by atoms with Crippen molar-refractivity contribution in [2.45, 2.75) is 12.8 Å². The van der Waals surface area contributed by atoms with Gasteiger partial charge in [0.05, 0.1) is 7.11 Å². The van der Waals surface area contributed by atoms with Gasteiger partial charge in [-0.3, -0.25) is 0 Å². The first-order valence-electron chi connectivity index (χ1n) is 5.24. The second kappa shape index (κ2) is 6.43. The second-order valence-electron chi connectivity index (χ2n) is 3.68. The lowest BCUT2D eigenvalue weighted by atomic mass is 9.97. The first-order valence-corrected chi connectivity index (χ1v) is 5.24. The third kappa shape index (κ3) is 3.90. The lowest BCUT2D eigenvalue weighted by molar-refractivity contribution is 0.219. The maximum absolute atomic E-state index is 9.14. The highest BCUT2D eigenvalue weighted by molar-refractivity contribution is 5.27. The van der Waals surface area contributed by atoms with Crippen molar-refractivity contribution in [1.29, 1.82) is 0 Å². The van der Waals surface area contributed by atoms with Gasteiger partial charge in [0.15, 0.2) is 0 Å². The first kappa shape index (κ1) is 12.0. The zero-order valence-corrected chi connectivity index (χ0v) is 9.15. The first-order chi connectivity index (χ1) is 7.30. The standard InChI is InChI=1S/C12H19NO2/c1-15-12-4-2-10(3-5-12)8-11(9-14)6-7-13/h2-5,11,14H,6-9,13H2,1H3. The lowest BCUT2D eigenvalue weighted by Crippen LogP contribution is -2.14. The van der Waals surface area contributed by atoms with Crippen LogP contribution in [0.3, 0.4) is 0 Å². The number of methoxy groups -OCH3 is 1. The van der Waals surface area contributed by atoms with Crippen LogP contribution in [-0.2, 0) is 6.42 Å². The average molecular weight is 209 g/mol. The summed E-state index contributed by atoms with van der Waals surface area (Å²) in [5.41, 5.74) is 6.68. The van der Waals surface area contributed by atoms with Crippen LogP contribution in [-0.4, -0.2) is 25.4 Å². The zero-order chi connectivity index (χ0) is 11.1. The number of rotatable bonds is 6. The molecule has 0 fully saturated rings. The monoisotopic (exact) mass is 209 g/mol. The van der Waals surface area contributed by atoms with Crippen molar-refractivity contribution in [3.05, 3.63) is 29.8 Å². The molecule has 0 saturated heterocycles. The molecule has 15 heavy (non-hydrogen) atoms. The van der Waals surface area contributed by atoms with Crippen molar-refractivity contribution in [3.63, 3.8) is 0 Å². The summed E-state index contributed by atoms with van der Waals surface area (Å²) in [6, 6.07) is 7.93. The minimum Gasteiger partial charge on any atom is -0.497 e. The van der Waals surface area contributed by atoms with Crippen LogP contribution < -0.4 is 10.5 Å². The molecule has 1 atom stereocenters. The van der Waals surface area contributed by atoms with Gasteiger partial charge in [-0.1, -0.05) is 12.1 Å². The predicted octanol–water partition coefficient (Wildman–Crippen LogP) is 1.20. The molecular weight excluding hydrogens is 190 g/mol. The number of hydrogen-bond donors (Lipinski definition) is 2. The van der Waals surface area contributed by atoms with Gasteiger partial charge in [0.25, 0.3) is 0 Å². The summed E-state index contributed by atoms with van der Waals surface area (Å²) in [4.78, 5) is 0. The second-order valence-corrected chi connectivity index (χ2v) is 3.68. The molecule has 3 nitrogen and oxygen atoms in total. The molecule has 0 aliphatic rings. The van der Waals surface area contributed by atoms with Crippen molar-refractivity contribution in [1.82, 2.24) is 0 Å². The fourth-order valence-electron chi connectivity index (χ4n) is 1.59. The molecule has 0 spiro atoms. The van der Waals surface area contributed by atoms with Crippen LogP contribution >= 0.6 is 0 Å². The molecule has 0 bridgehead atoms. The van der Waals surface area contributed by atoms with Gasteiger partial charge in [-0.2, -0.15) is 0 Å². The van der Waals surface area contributed by atoms with Crippen LogP contribution in [0.1, 0.15) is 12.0 Å². The van der Waals surface area contributed by atoms with E-state index in [9.17, 15) is 0 Å². The summed E-state index contributed by atoms with van der Waals surface area (Å²) in [5, 5.41) is 9.14. The molecule has 1 aromatic carbocycles. The molecule has 0 radical (unpaired) electrons. The van der Waals surface area contributed by atoms with Gasteiger partial charge in [-0.05, 0) is 43.0 Å².